The first-order valence-corrected chi connectivity index (χ1v) is 11.9. The van der Waals surface area contributed by atoms with E-state index in [1.165, 1.54) is 62.3 Å². The molecule has 0 amide bonds. The van der Waals surface area contributed by atoms with Gasteiger partial charge in [0.15, 0.2) is 0 Å². The van der Waals surface area contributed by atoms with Crippen LogP contribution in [0.2, 0.25) is 0 Å². The van der Waals surface area contributed by atoms with Gasteiger partial charge in [-0.2, -0.15) is 0 Å². The summed E-state index contributed by atoms with van der Waals surface area (Å²) in [4.78, 5) is 0. The Morgan fingerprint density at radius 3 is 2.37 bits per heavy atom. The van der Waals surface area contributed by atoms with Gasteiger partial charge < -0.3 is 0 Å². The van der Waals surface area contributed by atoms with Crippen molar-refractivity contribution in [2.75, 3.05) is 0 Å². The van der Waals surface area contributed by atoms with Crippen molar-refractivity contribution in [1.82, 2.24) is 0 Å². The molecular formula is C28H20S2. The molecule has 0 aliphatic carbocycles. The fourth-order valence-corrected chi connectivity index (χ4v) is 6.93. The molecule has 0 unspecified atom stereocenters. The third-order valence-corrected chi connectivity index (χ3v) is 8.29. The number of rotatable bonds is 2. The van der Waals surface area contributed by atoms with E-state index in [0.717, 1.165) is 0 Å². The highest BCUT2D eigenvalue weighted by Crippen LogP contribution is 2.45. The Labute approximate surface area is 183 Å². The molecule has 0 radical (unpaired) electrons. The van der Waals surface area contributed by atoms with Crippen molar-refractivity contribution >= 4 is 79.4 Å². The molecule has 6 aromatic rings. The molecule has 2 aromatic heterocycles. The summed E-state index contributed by atoms with van der Waals surface area (Å²) < 4.78 is 5.49. The smallest absolute Gasteiger partial charge is 0.0440 e. The largest absolute Gasteiger partial charge is 0.135 e. The molecule has 0 aliphatic rings. The second-order valence-electron chi connectivity index (χ2n) is 7.63. The summed E-state index contributed by atoms with van der Waals surface area (Å²) in [5.74, 6) is 0. The normalized spacial score (nSPS) is 13.1. The van der Waals surface area contributed by atoms with E-state index >= 15 is 0 Å². The monoisotopic (exact) mass is 420 g/mol. The molecule has 30 heavy (non-hydrogen) atoms. The Bertz CT molecular complexity index is 1650. The fourth-order valence-electron chi connectivity index (χ4n) is 4.58. The van der Waals surface area contributed by atoms with Crippen LogP contribution in [0.15, 0.2) is 85.0 Å². The van der Waals surface area contributed by atoms with Gasteiger partial charge in [0.25, 0.3) is 0 Å². The topological polar surface area (TPSA) is 0 Å². The van der Waals surface area contributed by atoms with Gasteiger partial charge in [0.2, 0.25) is 0 Å². The zero-order valence-electron chi connectivity index (χ0n) is 16.9. The van der Waals surface area contributed by atoms with Crippen LogP contribution in [0.3, 0.4) is 0 Å². The third-order valence-electron chi connectivity index (χ3n) is 5.95. The zero-order chi connectivity index (χ0) is 20.2. The predicted molar refractivity (Wildman–Crippen MR) is 138 cm³/mol. The Hall–Kier alpha value is -2.94. The summed E-state index contributed by atoms with van der Waals surface area (Å²) in [6.07, 6.45) is 6.50. The first-order valence-electron chi connectivity index (χ1n) is 10.3. The molecule has 0 bridgehead atoms. The van der Waals surface area contributed by atoms with Gasteiger partial charge in [-0.25, -0.2) is 0 Å². The van der Waals surface area contributed by atoms with E-state index in [4.69, 9.17) is 0 Å². The van der Waals surface area contributed by atoms with Crippen LogP contribution in [0.25, 0.3) is 56.7 Å². The third kappa shape index (κ3) is 2.51. The second kappa shape index (κ2) is 6.80. The van der Waals surface area contributed by atoms with Gasteiger partial charge in [-0.3, -0.25) is 0 Å². The number of thiophene rings is 2. The summed E-state index contributed by atoms with van der Waals surface area (Å²) in [6, 6.07) is 24.9. The van der Waals surface area contributed by atoms with Crippen molar-refractivity contribution in [1.29, 1.82) is 0 Å². The molecule has 144 valence electrons. The number of hydrogen-bond acceptors (Lipinski definition) is 2. The minimum atomic E-state index is 1.27. The number of hydrogen-bond donors (Lipinski definition) is 0. The van der Waals surface area contributed by atoms with E-state index < -0.39 is 0 Å². The van der Waals surface area contributed by atoms with E-state index in [2.05, 4.69) is 98.8 Å². The quantitative estimate of drug-likeness (QED) is 0.245. The van der Waals surface area contributed by atoms with E-state index in [1.807, 2.05) is 22.7 Å². The van der Waals surface area contributed by atoms with Crippen LogP contribution >= 0.6 is 22.7 Å². The molecule has 0 spiro atoms. The molecule has 0 nitrogen and oxygen atoms in total. The maximum absolute atomic E-state index is 2.38. The minimum Gasteiger partial charge on any atom is -0.135 e. The molecule has 0 aliphatic heterocycles. The van der Waals surface area contributed by atoms with Crippen molar-refractivity contribution in [2.24, 2.45) is 0 Å². The minimum absolute atomic E-state index is 1.27. The van der Waals surface area contributed by atoms with Crippen LogP contribution in [0, 0.1) is 0 Å². The highest BCUT2D eigenvalue weighted by Gasteiger charge is 2.15. The van der Waals surface area contributed by atoms with E-state index in [9.17, 15) is 0 Å². The molecule has 0 saturated carbocycles. The van der Waals surface area contributed by atoms with Crippen LogP contribution in [-0.2, 0) is 0 Å². The summed E-state index contributed by atoms with van der Waals surface area (Å²) in [7, 11) is 0. The Kier molecular flexibility index (Phi) is 4.05. The number of allylic oxidation sites excluding steroid dienone is 4. The second-order valence-corrected chi connectivity index (χ2v) is 9.77. The molecule has 0 atom stereocenters. The fraction of sp³-hybridized carbons (Fsp3) is 0.0714. The van der Waals surface area contributed by atoms with Gasteiger partial charge in [0.05, 0.1) is 0 Å². The Balaban J connectivity index is 1.80. The predicted octanol–water partition coefficient (Wildman–Crippen LogP) is 9.55. The van der Waals surface area contributed by atoms with Crippen molar-refractivity contribution in [3.05, 3.63) is 90.5 Å². The zero-order valence-corrected chi connectivity index (χ0v) is 18.5. The van der Waals surface area contributed by atoms with Crippen LogP contribution in [0.1, 0.15) is 19.4 Å². The molecule has 0 fully saturated rings. The Morgan fingerprint density at radius 2 is 1.50 bits per heavy atom. The summed E-state index contributed by atoms with van der Waals surface area (Å²) in [5.41, 5.74) is 2.55. The van der Waals surface area contributed by atoms with E-state index in [0.29, 0.717) is 0 Å². The molecule has 6 rings (SSSR count). The van der Waals surface area contributed by atoms with Crippen molar-refractivity contribution in [2.45, 2.75) is 13.8 Å². The molecule has 0 saturated heterocycles. The maximum Gasteiger partial charge on any atom is 0.0440 e. The summed E-state index contributed by atoms with van der Waals surface area (Å²) >= 11 is 3.82. The number of benzene rings is 4. The van der Waals surface area contributed by atoms with Crippen LogP contribution in [0.5, 0.6) is 0 Å². The highest BCUT2D eigenvalue weighted by atomic mass is 32.1. The van der Waals surface area contributed by atoms with E-state index in [1.54, 1.807) is 0 Å². The van der Waals surface area contributed by atoms with Gasteiger partial charge >= 0.3 is 0 Å². The average molecular weight is 421 g/mol. The first-order chi connectivity index (χ1) is 14.8. The lowest BCUT2D eigenvalue weighted by atomic mass is 9.98. The molecule has 2 heteroatoms. The van der Waals surface area contributed by atoms with E-state index in [-0.39, 0.29) is 0 Å². The van der Waals surface area contributed by atoms with Crippen molar-refractivity contribution in [3.8, 4) is 0 Å². The van der Waals surface area contributed by atoms with Crippen LogP contribution in [-0.4, -0.2) is 0 Å². The summed E-state index contributed by atoms with van der Waals surface area (Å²) in [5, 5.41) is 8.23. The molecule has 4 aromatic carbocycles. The van der Waals surface area contributed by atoms with Crippen LogP contribution in [0.4, 0.5) is 0 Å². The lowest BCUT2D eigenvalue weighted by Gasteiger charge is -2.05. The van der Waals surface area contributed by atoms with Gasteiger partial charge in [0.1, 0.15) is 0 Å². The van der Waals surface area contributed by atoms with Crippen molar-refractivity contribution < 1.29 is 0 Å². The van der Waals surface area contributed by atoms with Gasteiger partial charge in [-0.05, 0) is 54.6 Å². The summed E-state index contributed by atoms with van der Waals surface area (Å²) in [6.45, 7) is 4.19. The molecule has 2 heterocycles. The van der Waals surface area contributed by atoms with Gasteiger partial charge in [-0.15, -0.1) is 22.7 Å². The average Bonchev–Trinajstić information content (AvgIpc) is 3.35. The first kappa shape index (κ1) is 17.9. The van der Waals surface area contributed by atoms with Gasteiger partial charge in [0, 0.05) is 45.7 Å². The lowest BCUT2D eigenvalue weighted by Crippen LogP contribution is -1.81. The maximum atomic E-state index is 2.38. The Morgan fingerprint density at radius 1 is 0.700 bits per heavy atom. The highest BCUT2D eigenvalue weighted by molar-refractivity contribution is 7.28. The SMILES string of the molecule is C/C=C\C(=C/C)c1ccc2sc3ccc4ccc5c6ccccc6sc5c4c3c2c1. The van der Waals surface area contributed by atoms with Gasteiger partial charge in [-0.1, -0.05) is 60.7 Å². The van der Waals surface area contributed by atoms with Crippen LogP contribution < -0.4 is 0 Å². The lowest BCUT2D eigenvalue weighted by molar-refractivity contribution is 1.63. The standard InChI is InChI=1S/C28H20S2/c1-3-7-17(4-2)19-12-14-24-22(16-19)27-25(29-24)15-11-18-10-13-21-20-8-5-6-9-23(20)30-28(21)26(18)27/h3-16H,1-2H3/b7-3-,17-4+. The number of fused-ring (bicyclic) bond motifs is 9. The van der Waals surface area contributed by atoms with Crippen molar-refractivity contribution in [3.63, 3.8) is 0 Å². The molecule has 0 N–H and O–H groups in total. The molecular weight excluding hydrogens is 400 g/mol.